The van der Waals surface area contributed by atoms with Gasteiger partial charge in [0.05, 0.1) is 4.92 Å². The first-order valence-corrected chi connectivity index (χ1v) is 11.4. The molecule has 6 nitrogen and oxygen atoms in total. The molecular formula is C20H23N3O3S2. The second-order valence-corrected chi connectivity index (χ2v) is 8.74. The molecule has 148 valence electrons. The molecule has 0 radical (unpaired) electrons. The molecule has 1 aliphatic rings. The smallest absolute Gasteiger partial charge is 0.282 e. The van der Waals surface area contributed by atoms with Gasteiger partial charge in [-0.25, -0.2) is 0 Å². The van der Waals surface area contributed by atoms with Crippen molar-refractivity contribution in [1.82, 2.24) is 4.90 Å². The van der Waals surface area contributed by atoms with Crippen LogP contribution < -0.4 is 5.32 Å². The van der Waals surface area contributed by atoms with Crippen LogP contribution in [0.4, 0.5) is 11.4 Å². The molecule has 2 aromatic carbocycles. The summed E-state index contributed by atoms with van der Waals surface area (Å²) >= 11 is 3.43. The summed E-state index contributed by atoms with van der Waals surface area (Å²) in [5, 5.41) is 14.1. The third-order valence-corrected chi connectivity index (χ3v) is 6.36. The third kappa shape index (κ3) is 5.06. The van der Waals surface area contributed by atoms with Gasteiger partial charge in [0.2, 0.25) is 0 Å². The lowest BCUT2D eigenvalue weighted by molar-refractivity contribution is -0.385. The van der Waals surface area contributed by atoms with Gasteiger partial charge in [-0.3, -0.25) is 19.8 Å². The summed E-state index contributed by atoms with van der Waals surface area (Å²) < 4.78 is 0. The SMILES string of the molecule is CSc1ccc([N+](=O)[O-])c(C(=O)Nc2ccc(CN3CCSCC3)cc2C)c1. The fraction of sp³-hybridized carbons (Fsp3) is 0.350. The molecule has 1 saturated heterocycles. The number of thioether (sulfide) groups is 2. The number of rotatable bonds is 6. The number of hydrogen-bond acceptors (Lipinski definition) is 6. The van der Waals surface area contributed by atoms with Crippen molar-refractivity contribution in [2.75, 3.05) is 36.2 Å². The van der Waals surface area contributed by atoms with Crippen LogP contribution in [0.5, 0.6) is 0 Å². The molecule has 1 N–H and O–H groups in total. The van der Waals surface area contributed by atoms with Gasteiger partial charge < -0.3 is 5.32 Å². The highest BCUT2D eigenvalue weighted by molar-refractivity contribution is 7.99. The summed E-state index contributed by atoms with van der Waals surface area (Å²) in [5.74, 6) is 1.87. The molecule has 8 heteroatoms. The third-order valence-electron chi connectivity index (χ3n) is 4.69. The van der Waals surface area contributed by atoms with E-state index >= 15 is 0 Å². The Morgan fingerprint density at radius 3 is 2.64 bits per heavy atom. The number of benzene rings is 2. The standard InChI is InChI=1S/C20H23N3O3S2/c1-14-11-15(13-22-7-9-28-10-8-22)3-5-18(14)21-20(24)17-12-16(27-2)4-6-19(17)23(25)26/h3-6,11-12H,7-10,13H2,1-2H3,(H,21,24). The summed E-state index contributed by atoms with van der Waals surface area (Å²) in [6.07, 6.45) is 1.87. The van der Waals surface area contributed by atoms with Gasteiger partial charge in [0.1, 0.15) is 5.56 Å². The number of carbonyl (C=O) groups excluding carboxylic acids is 1. The van der Waals surface area contributed by atoms with E-state index in [1.54, 1.807) is 12.1 Å². The maximum Gasteiger partial charge on any atom is 0.282 e. The van der Waals surface area contributed by atoms with Crippen LogP contribution in [0, 0.1) is 17.0 Å². The van der Waals surface area contributed by atoms with Gasteiger partial charge in [-0.2, -0.15) is 11.8 Å². The molecule has 0 unspecified atom stereocenters. The Balaban J connectivity index is 1.76. The highest BCUT2D eigenvalue weighted by atomic mass is 32.2. The second-order valence-electron chi connectivity index (χ2n) is 6.63. The quantitative estimate of drug-likeness (QED) is 0.426. The Bertz CT molecular complexity index is 883. The summed E-state index contributed by atoms with van der Waals surface area (Å²) in [6.45, 7) is 5.03. The molecule has 2 aromatic rings. The number of hydrogen-bond donors (Lipinski definition) is 1. The van der Waals surface area contributed by atoms with E-state index in [9.17, 15) is 14.9 Å². The molecule has 1 fully saturated rings. The van der Waals surface area contributed by atoms with E-state index in [1.807, 2.05) is 37.1 Å². The van der Waals surface area contributed by atoms with Gasteiger partial charge in [0, 0.05) is 47.8 Å². The summed E-state index contributed by atoms with van der Waals surface area (Å²) in [5.41, 5.74) is 2.71. The average Bonchev–Trinajstić information content (AvgIpc) is 2.70. The molecule has 0 saturated carbocycles. The van der Waals surface area contributed by atoms with Gasteiger partial charge in [-0.05, 0) is 42.5 Å². The largest absolute Gasteiger partial charge is 0.322 e. The van der Waals surface area contributed by atoms with Gasteiger partial charge in [-0.15, -0.1) is 11.8 Å². The van der Waals surface area contributed by atoms with Crippen LogP contribution >= 0.6 is 23.5 Å². The molecule has 3 rings (SSSR count). The van der Waals surface area contributed by atoms with E-state index in [1.165, 1.54) is 34.9 Å². The Labute approximate surface area is 173 Å². The summed E-state index contributed by atoms with van der Waals surface area (Å²) in [6, 6.07) is 10.6. The van der Waals surface area contributed by atoms with E-state index in [2.05, 4.69) is 16.3 Å². The first-order valence-electron chi connectivity index (χ1n) is 9.01. The predicted molar refractivity (Wildman–Crippen MR) is 117 cm³/mol. The van der Waals surface area contributed by atoms with Gasteiger partial charge in [0.25, 0.3) is 11.6 Å². The number of nitrogens with zero attached hydrogens (tertiary/aromatic N) is 2. The topological polar surface area (TPSA) is 75.5 Å². The molecule has 1 aliphatic heterocycles. The van der Waals surface area contributed by atoms with E-state index in [0.717, 1.165) is 30.1 Å². The van der Waals surface area contributed by atoms with Crippen molar-refractivity contribution in [1.29, 1.82) is 0 Å². The van der Waals surface area contributed by atoms with E-state index < -0.39 is 10.8 Å². The Morgan fingerprint density at radius 1 is 1.25 bits per heavy atom. The molecule has 0 atom stereocenters. The van der Waals surface area contributed by atoms with E-state index in [-0.39, 0.29) is 11.3 Å². The average molecular weight is 418 g/mol. The highest BCUT2D eigenvalue weighted by Gasteiger charge is 2.21. The number of anilines is 1. The minimum Gasteiger partial charge on any atom is -0.322 e. The van der Waals surface area contributed by atoms with Crippen LogP contribution in [0.15, 0.2) is 41.3 Å². The zero-order valence-corrected chi connectivity index (χ0v) is 17.6. The maximum absolute atomic E-state index is 12.7. The zero-order chi connectivity index (χ0) is 20.1. The summed E-state index contributed by atoms with van der Waals surface area (Å²) in [7, 11) is 0. The fourth-order valence-corrected chi connectivity index (χ4v) is 4.57. The van der Waals surface area contributed by atoms with Crippen LogP contribution in [0.2, 0.25) is 0 Å². The molecule has 1 heterocycles. The Morgan fingerprint density at radius 2 is 2.00 bits per heavy atom. The highest BCUT2D eigenvalue weighted by Crippen LogP contribution is 2.26. The normalized spacial score (nSPS) is 14.6. The van der Waals surface area contributed by atoms with Crippen LogP contribution in [0.25, 0.3) is 0 Å². The number of nitro benzene ring substituents is 1. The van der Waals surface area contributed by atoms with Gasteiger partial charge in [-0.1, -0.05) is 12.1 Å². The molecule has 0 aliphatic carbocycles. The fourth-order valence-electron chi connectivity index (χ4n) is 3.15. The molecule has 1 amide bonds. The van der Waals surface area contributed by atoms with Gasteiger partial charge in [0.15, 0.2) is 0 Å². The van der Waals surface area contributed by atoms with Crippen LogP contribution in [-0.4, -0.2) is 46.6 Å². The molecule has 28 heavy (non-hydrogen) atoms. The zero-order valence-electron chi connectivity index (χ0n) is 15.9. The van der Waals surface area contributed by atoms with Crippen LogP contribution in [0.1, 0.15) is 21.5 Å². The molecule has 0 aromatic heterocycles. The minimum atomic E-state index is -0.522. The lowest BCUT2D eigenvalue weighted by Crippen LogP contribution is -2.31. The Hall–Kier alpha value is -2.03. The monoisotopic (exact) mass is 417 g/mol. The molecule has 0 bridgehead atoms. The lowest BCUT2D eigenvalue weighted by atomic mass is 10.1. The van der Waals surface area contributed by atoms with Crippen molar-refractivity contribution in [3.05, 3.63) is 63.2 Å². The Kier molecular flexibility index (Phi) is 6.98. The second kappa shape index (κ2) is 9.45. The van der Waals surface area contributed by atoms with Crippen molar-refractivity contribution in [2.24, 2.45) is 0 Å². The van der Waals surface area contributed by atoms with Crippen molar-refractivity contribution in [3.63, 3.8) is 0 Å². The number of carbonyl (C=O) groups is 1. The first-order chi connectivity index (χ1) is 13.5. The number of aryl methyl sites for hydroxylation is 1. The molecular weight excluding hydrogens is 394 g/mol. The minimum absolute atomic E-state index is 0.0751. The van der Waals surface area contributed by atoms with Crippen molar-refractivity contribution in [3.8, 4) is 0 Å². The summed E-state index contributed by atoms with van der Waals surface area (Å²) in [4.78, 5) is 26.7. The van der Waals surface area contributed by atoms with Crippen molar-refractivity contribution >= 4 is 40.8 Å². The first kappa shape index (κ1) is 20.7. The van der Waals surface area contributed by atoms with Crippen LogP contribution in [-0.2, 0) is 6.54 Å². The number of amides is 1. The van der Waals surface area contributed by atoms with Crippen LogP contribution in [0.3, 0.4) is 0 Å². The number of nitrogens with one attached hydrogen (secondary N) is 1. The van der Waals surface area contributed by atoms with Crippen molar-refractivity contribution < 1.29 is 9.72 Å². The predicted octanol–water partition coefficient (Wildman–Crippen LogP) is 4.43. The van der Waals surface area contributed by atoms with E-state index in [4.69, 9.17) is 0 Å². The number of nitro groups is 1. The lowest BCUT2D eigenvalue weighted by Gasteiger charge is -2.26. The van der Waals surface area contributed by atoms with Gasteiger partial charge >= 0.3 is 0 Å². The maximum atomic E-state index is 12.7. The molecule has 0 spiro atoms. The van der Waals surface area contributed by atoms with E-state index in [0.29, 0.717) is 5.69 Å². The van der Waals surface area contributed by atoms with Crippen molar-refractivity contribution in [2.45, 2.75) is 18.4 Å².